The number of likely N-dealkylation sites (N-methyl/N-ethyl adjacent to an activating group) is 1. The molecule has 0 bridgehead atoms. The van der Waals surface area contributed by atoms with E-state index in [4.69, 9.17) is 5.21 Å². The Labute approximate surface area is 181 Å². The molecule has 3 rings (SSSR count). The van der Waals surface area contributed by atoms with Gasteiger partial charge in [0.25, 0.3) is 0 Å². The van der Waals surface area contributed by atoms with E-state index in [1.54, 1.807) is 5.48 Å². The van der Waals surface area contributed by atoms with Gasteiger partial charge in [-0.1, -0.05) is 6.42 Å². The number of carbonyl (C=O) groups is 1. The topological polar surface area (TPSA) is 106 Å². The third kappa shape index (κ3) is 7.04. The quantitative estimate of drug-likeness (QED) is 0.258. The molecule has 2 heterocycles. The molecule has 1 amide bonds. The number of carbonyl (C=O) groups excluding carboxylic acids is 1. The van der Waals surface area contributed by atoms with Crippen molar-refractivity contribution in [1.29, 1.82) is 0 Å². The van der Waals surface area contributed by atoms with E-state index in [1.807, 2.05) is 12.1 Å². The number of hydrogen-bond acceptors (Lipinski definition) is 8. The number of aromatic nitrogens is 2. The first kappa shape index (κ1) is 22.7. The molecule has 1 aliphatic heterocycles. The Balaban J connectivity index is 1.48. The molecule has 4 N–H and O–H groups in total. The maximum absolute atomic E-state index is 14.0. The zero-order valence-electron chi connectivity index (χ0n) is 17.8. The summed E-state index contributed by atoms with van der Waals surface area (Å²) in [4.78, 5) is 23.9. The second-order valence-electron chi connectivity index (χ2n) is 7.62. The van der Waals surface area contributed by atoms with Gasteiger partial charge in [-0.25, -0.2) is 14.9 Å². The number of amides is 1. The van der Waals surface area contributed by atoms with Crippen LogP contribution in [0.1, 0.15) is 25.7 Å². The van der Waals surface area contributed by atoms with Crippen molar-refractivity contribution < 1.29 is 14.4 Å². The fraction of sp³-hybridized carbons (Fsp3) is 0.476. The molecule has 0 radical (unpaired) electrons. The number of halogens is 1. The Morgan fingerprint density at radius 2 is 1.87 bits per heavy atom. The van der Waals surface area contributed by atoms with Gasteiger partial charge in [-0.2, -0.15) is 4.98 Å². The predicted molar refractivity (Wildman–Crippen MR) is 118 cm³/mol. The molecule has 9 nitrogen and oxygen atoms in total. The van der Waals surface area contributed by atoms with Gasteiger partial charge in [0.05, 0.1) is 6.20 Å². The van der Waals surface area contributed by atoms with Crippen molar-refractivity contribution in [2.24, 2.45) is 0 Å². The van der Waals surface area contributed by atoms with Gasteiger partial charge in [-0.3, -0.25) is 10.0 Å². The average molecular weight is 432 g/mol. The average Bonchev–Trinajstić information content (AvgIpc) is 2.79. The number of anilines is 4. The Hall–Kier alpha value is -2.98. The van der Waals surface area contributed by atoms with Crippen LogP contribution in [0.5, 0.6) is 0 Å². The number of piperazine rings is 1. The molecule has 168 valence electrons. The summed E-state index contributed by atoms with van der Waals surface area (Å²) in [6, 6.07) is 8.06. The molecular formula is C21H30FN7O2. The van der Waals surface area contributed by atoms with Crippen molar-refractivity contribution in [3.63, 3.8) is 0 Å². The van der Waals surface area contributed by atoms with Crippen LogP contribution in [-0.2, 0) is 4.79 Å². The van der Waals surface area contributed by atoms with E-state index >= 15 is 0 Å². The highest BCUT2D eigenvalue weighted by molar-refractivity contribution is 5.74. The molecule has 1 fully saturated rings. The molecule has 0 atom stereocenters. The lowest BCUT2D eigenvalue weighted by Gasteiger charge is -2.34. The van der Waals surface area contributed by atoms with Crippen LogP contribution >= 0.6 is 0 Å². The van der Waals surface area contributed by atoms with Gasteiger partial charge in [0.15, 0.2) is 11.6 Å². The highest BCUT2D eigenvalue weighted by atomic mass is 19.1. The van der Waals surface area contributed by atoms with Crippen LogP contribution in [0.3, 0.4) is 0 Å². The number of hydroxylamine groups is 1. The van der Waals surface area contributed by atoms with Crippen molar-refractivity contribution >= 4 is 29.0 Å². The van der Waals surface area contributed by atoms with Gasteiger partial charge in [0, 0.05) is 50.5 Å². The summed E-state index contributed by atoms with van der Waals surface area (Å²) in [7, 11) is 2.13. The highest BCUT2D eigenvalue weighted by Gasteiger charge is 2.14. The van der Waals surface area contributed by atoms with Gasteiger partial charge >= 0.3 is 0 Å². The van der Waals surface area contributed by atoms with E-state index in [2.05, 4.69) is 49.6 Å². The van der Waals surface area contributed by atoms with Crippen molar-refractivity contribution in [3.8, 4) is 0 Å². The molecule has 0 saturated carbocycles. The van der Waals surface area contributed by atoms with Gasteiger partial charge in [-0.15, -0.1) is 0 Å². The van der Waals surface area contributed by atoms with Crippen molar-refractivity contribution in [2.45, 2.75) is 25.7 Å². The summed E-state index contributed by atoms with van der Waals surface area (Å²) in [5.74, 6) is -0.465. The first-order chi connectivity index (χ1) is 15.0. The monoisotopic (exact) mass is 431 g/mol. The zero-order valence-corrected chi connectivity index (χ0v) is 17.8. The molecule has 1 saturated heterocycles. The Bertz CT molecular complexity index is 842. The largest absolute Gasteiger partial charge is 0.369 e. The van der Waals surface area contributed by atoms with Crippen LogP contribution in [0.25, 0.3) is 0 Å². The van der Waals surface area contributed by atoms with Crippen LogP contribution in [0.2, 0.25) is 0 Å². The fourth-order valence-electron chi connectivity index (χ4n) is 3.35. The normalized spacial score (nSPS) is 14.4. The summed E-state index contributed by atoms with van der Waals surface area (Å²) >= 11 is 0. The Morgan fingerprint density at radius 3 is 2.58 bits per heavy atom. The lowest BCUT2D eigenvalue weighted by atomic mass is 10.2. The molecule has 0 unspecified atom stereocenters. The summed E-state index contributed by atoms with van der Waals surface area (Å²) < 4.78 is 14.0. The standard InChI is InChI=1S/C21H30FN7O2/c1-28-11-13-29(14-12-28)17-8-6-16(7-9-17)25-21-24-15-18(22)20(26-21)23-10-4-2-3-5-19(30)27-31/h6-9,15,31H,2-5,10-14H2,1H3,(H,27,30)(H2,23,24,25,26). The summed E-state index contributed by atoms with van der Waals surface area (Å²) in [5.41, 5.74) is 3.61. The molecular weight excluding hydrogens is 401 g/mol. The minimum Gasteiger partial charge on any atom is -0.369 e. The number of nitrogens with one attached hydrogen (secondary N) is 3. The number of rotatable bonds is 10. The van der Waals surface area contributed by atoms with Crippen LogP contribution in [0.4, 0.5) is 27.5 Å². The number of hydrogen-bond donors (Lipinski definition) is 4. The second kappa shape index (κ2) is 11.4. The lowest BCUT2D eigenvalue weighted by molar-refractivity contribution is -0.129. The summed E-state index contributed by atoms with van der Waals surface area (Å²) in [6.07, 6.45) is 3.58. The van der Waals surface area contributed by atoms with E-state index in [-0.39, 0.29) is 12.2 Å². The van der Waals surface area contributed by atoms with E-state index in [1.165, 1.54) is 5.69 Å². The van der Waals surface area contributed by atoms with Crippen molar-refractivity contribution in [3.05, 3.63) is 36.3 Å². The Morgan fingerprint density at radius 1 is 1.13 bits per heavy atom. The van der Waals surface area contributed by atoms with Crippen LogP contribution < -0.4 is 21.0 Å². The maximum Gasteiger partial charge on any atom is 0.243 e. The molecule has 10 heteroatoms. The van der Waals surface area contributed by atoms with Crippen LogP contribution in [0.15, 0.2) is 30.5 Å². The predicted octanol–water partition coefficient (Wildman–Crippen LogP) is 2.59. The van der Waals surface area contributed by atoms with E-state index in [9.17, 15) is 9.18 Å². The molecule has 1 aliphatic rings. The Kier molecular flexibility index (Phi) is 8.36. The number of unbranched alkanes of at least 4 members (excludes halogenated alkanes) is 2. The van der Waals surface area contributed by atoms with Gasteiger partial charge < -0.3 is 20.4 Å². The minimum absolute atomic E-state index is 0.139. The summed E-state index contributed by atoms with van der Waals surface area (Å²) in [5, 5.41) is 14.5. The first-order valence-electron chi connectivity index (χ1n) is 10.5. The lowest BCUT2D eigenvalue weighted by Crippen LogP contribution is -2.44. The molecule has 2 aromatic rings. The molecule has 0 spiro atoms. The maximum atomic E-state index is 14.0. The minimum atomic E-state index is -0.518. The molecule has 0 aliphatic carbocycles. The summed E-state index contributed by atoms with van der Waals surface area (Å²) in [6.45, 7) is 4.64. The third-order valence-corrected chi connectivity index (χ3v) is 5.23. The number of nitrogens with zero attached hydrogens (tertiary/aromatic N) is 4. The van der Waals surface area contributed by atoms with Gasteiger partial charge in [-0.05, 0) is 44.2 Å². The van der Waals surface area contributed by atoms with Crippen molar-refractivity contribution in [2.75, 3.05) is 55.3 Å². The molecule has 1 aromatic heterocycles. The van der Waals surface area contributed by atoms with E-state index < -0.39 is 11.7 Å². The second-order valence-corrected chi connectivity index (χ2v) is 7.62. The van der Waals surface area contributed by atoms with Crippen LogP contribution in [0, 0.1) is 5.82 Å². The first-order valence-corrected chi connectivity index (χ1v) is 10.5. The fourth-order valence-corrected chi connectivity index (χ4v) is 3.35. The van der Waals surface area contributed by atoms with Crippen LogP contribution in [-0.4, -0.2) is 65.8 Å². The number of benzene rings is 1. The highest BCUT2D eigenvalue weighted by Crippen LogP contribution is 2.22. The smallest absolute Gasteiger partial charge is 0.243 e. The third-order valence-electron chi connectivity index (χ3n) is 5.23. The molecule has 1 aromatic carbocycles. The van der Waals surface area contributed by atoms with Gasteiger partial charge in [0.1, 0.15) is 0 Å². The van der Waals surface area contributed by atoms with E-state index in [0.717, 1.165) is 50.9 Å². The van der Waals surface area contributed by atoms with Crippen molar-refractivity contribution in [1.82, 2.24) is 20.3 Å². The molecule has 31 heavy (non-hydrogen) atoms. The van der Waals surface area contributed by atoms with Gasteiger partial charge in [0.2, 0.25) is 11.9 Å². The van der Waals surface area contributed by atoms with E-state index in [0.29, 0.717) is 18.9 Å². The SMILES string of the molecule is CN1CCN(c2ccc(Nc3ncc(F)c(NCCCCCC(=O)NO)n3)cc2)CC1. The zero-order chi connectivity index (χ0) is 22.1.